The highest BCUT2D eigenvalue weighted by Gasteiger charge is 2.17. The highest BCUT2D eigenvalue weighted by atomic mass is 16.5. The Labute approximate surface area is 113 Å². The molecular weight excluding hydrogens is 238 g/mol. The lowest BCUT2D eigenvalue weighted by atomic mass is 9.97. The van der Waals surface area contributed by atoms with Crippen LogP contribution in [0.3, 0.4) is 0 Å². The van der Waals surface area contributed by atoms with Crippen molar-refractivity contribution in [1.29, 1.82) is 0 Å². The average Bonchev–Trinajstić information content (AvgIpc) is 2.44. The third-order valence-electron chi connectivity index (χ3n) is 3.38. The molecule has 3 nitrogen and oxygen atoms in total. The minimum Gasteiger partial charge on any atom is -0.497 e. The largest absolute Gasteiger partial charge is 0.497 e. The van der Waals surface area contributed by atoms with Crippen LogP contribution in [0.2, 0.25) is 0 Å². The maximum atomic E-state index is 12.0. The zero-order valence-electron chi connectivity index (χ0n) is 11.8. The molecule has 0 aliphatic rings. The number of fused-ring (bicyclic) bond motifs is 1. The number of carbonyl (C=O) groups excluding carboxylic acids is 1. The zero-order valence-corrected chi connectivity index (χ0v) is 11.8. The molecule has 0 aromatic heterocycles. The van der Waals surface area contributed by atoms with Gasteiger partial charge in [0, 0.05) is 14.1 Å². The van der Waals surface area contributed by atoms with Crippen LogP contribution in [0.4, 0.5) is 0 Å². The molecule has 0 unspecified atom stereocenters. The molecule has 0 N–H and O–H groups in total. The van der Waals surface area contributed by atoms with Crippen LogP contribution in [0, 0.1) is 0 Å². The van der Waals surface area contributed by atoms with Gasteiger partial charge in [-0.15, -0.1) is 0 Å². The molecular formula is C16H19NO2. The predicted octanol–water partition coefficient (Wildman–Crippen LogP) is 3.04. The van der Waals surface area contributed by atoms with E-state index in [9.17, 15) is 4.79 Å². The number of carbonyl (C=O) groups is 1. The molecule has 0 aliphatic carbocycles. The van der Waals surface area contributed by atoms with E-state index in [2.05, 4.69) is 6.07 Å². The molecule has 1 amide bonds. The van der Waals surface area contributed by atoms with E-state index in [1.54, 1.807) is 26.1 Å². The first-order valence-electron chi connectivity index (χ1n) is 6.32. The molecule has 3 heteroatoms. The smallest absolute Gasteiger partial charge is 0.229 e. The first-order chi connectivity index (χ1) is 9.02. The Kier molecular flexibility index (Phi) is 3.74. The molecule has 0 spiro atoms. The minimum absolute atomic E-state index is 0.118. The van der Waals surface area contributed by atoms with E-state index in [1.165, 1.54) is 0 Å². The lowest BCUT2D eigenvalue weighted by Crippen LogP contribution is -2.26. The maximum absolute atomic E-state index is 12.0. The van der Waals surface area contributed by atoms with Gasteiger partial charge in [-0.05, 0) is 35.4 Å². The lowest BCUT2D eigenvalue weighted by Gasteiger charge is -2.17. The number of hydrogen-bond acceptors (Lipinski definition) is 2. The van der Waals surface area contributed by atoms with Crippen molar-refractivity contribution in [1.82, 2.24) is 4.90 Å². The van der Waals surface area contributed by atoms with Gasteiger partial charge in [0.15, 0.2) is 0 Å². The average molecular weight is 257 g/mol. The first kappa shape index (κ1) is 13.4. The summed E-state index contributed by atoms with van der Waals surface area (Å²) in [5, 5.41) is 2.24. The Bertz CT molecular complexity index is 605. The number of benzene rings is 2. The van der Waals surface area contributed by atoms with Crippen LogP contribution < -0.4 is 4.74 Å². The SMILES string of the molecule is COc1ccc2cc([C@H](C)C(=O)N(C)C)ccc2c1. The van der Waals surface area contributed by atoms with E-state index >= 15 is 0 Å². The van der Waals surface area contributed by atoms with E-state index < -0.39 is 0 Å². The van der Waals surface area contributed by atoms with E-state index in [4.69, 9.17) is 4.74 Å². The second kappa shape index (κ2) is 5.31. The van der Waals surface area contributed by atoms with Crippen molar-refractivity contribution in [2.75, 3.05) is 21.2 Å². The number of ether oxygens (including phenoxy) is 1. The quantitative estimate of drug-likeness (QED) is 0.845. The summed E-state index contributed by atoms with van der Waals surface area (Å²) >= 11 is 0. The summed E-state index contributed by atoms with van der Waals surface area (Å²) in [5.74, 6) is 0.840. The first-order valence-corrected chi connectivity index (χ1v) is 6.32. The van der Waals surface area contributed by atoms with Gasteiger partial charge in [0.05, 0.1) is 13.0 Å². The number of nitrogens with zero attached hydrogens (tertiary/aromatic N) is 1. The number of hydrogen-bond donors (Lipinski definition) is 0. The summed E-state index contributed by atoms with van der Waals surface area (Å²) in [6.45, 7) is 1.94. The van der Waals surface area contributed by atoms with Crippen LogP contribution in [0.5, 0.6) is 5.75 Å². The Morgan fingerprint density at radius 3 is 2.37 bits per heavy atom. The molecule has 0 bridgehead atoms. The standard InChI is InChI=1S/C16H19NO2/c1-11(16(18)17(2)3)12-5-6-14-10-15(19-4)8-7-13(14)9-12/h5-11H,1-4H3/t11-/m0/s1. The second-order valence-corrected chi connectivity index (χ2v) is 4.93. The van der Waals surface area contributed by atoms with E-state index in [-0.39, 0.29) is 11.8 Å². The molecule has 2 aromatic carbocycles. The minimum atomic E-state index is -0.124. The summed E-state index contributed by atoms with van der Waals surface area (Å²) < 4.78 is 5.21. The van der Waals surface area contributed by atoms with Gasteiger partial charge in [0.25, 0.3) is 0 Å². The predicted molar refractivity (Wildman–Crippen MR) is 77.6 cm³/mol. The number of amides is 1. The van der Waals surface area contributed by atoms with Crippen LogP contribution in [-0.2, 0) is 4.79 Å². The summed E-state index contributed by atoms with van der Waals surface area (Å²) in [4.78, 5) is 13.6. The van der Waals surface area contributed by atoms with Gasteiger partial charge in [-0.1, -0.05) is 24.3 Å². The number of methoxy groups -OCH3 is 1. The maximum Gasteiger partial charge on any atom is 0.229 e. The van der Waals surface area contributed by atoms with Crippen molar-refractivity contribution in [2.24, 2.45) is 0 Å². The third kappa shape index (κ3) is 2.70. The van der Waals surface area contributed by atoms with E-state index in [0.717, 1.165) is 22.1 Å². The number of likely N-dealkylation sites (N-methyl/N-ethyl adjacent to an activating group) is 1. The van der Waals surface area contributed by atoms with Gasteiger partial charge in [0.1, 0.15) is 5.75 Å². The summed E-state index contributed by atoms with van der Waals surface area (Å²) in [5.41, 5.74) is 1.04. The highest BCUT2D eigenvalue weighted by molar-refractivity contribution is 5.88. The Morgan fingerprint density at radius 1 is 1.11 bits per heavy atom. The zero-order chi connectivity index (χ0) is 14.0. The van der Waals surface area contributed by atoms with Crippen molar-refractivity contribution in [3.8, 4) is 5.75 Å². The number of rotatable bonds is 3. The molecule has 0 aliphatic heterocycles. The van der Waals surface area contributed by atoms with Gasteiger partial charge >= 0.3 is 0 Å². The molecule has 2 aromatic rings. The Hall–Kier alpha value is -2.03. The van der Waals surface area contributed by atoms with Crippen LogP contribution in [0.15, 0.2) is 36.4 Å². The van der Waals surface area contributed by atoms with Gasteiger partial charge in [-0.2, -0.15) is 0 Å². The fraction of sp³-hybridized carbons (Fsp3) is 0.312. The molecule has 100 valence electrons. The van der Waals surface area contributed by atoms with Crippen LogP contribution in [0.25, 0.3) is 10.8 Å². The topological polar surface area (TPSA) is 29.5 Å². The molecule has 19 heavy (non-hydrogen) atoms. The molecule has 0 saturated carbocycles. The van der Waals surface area contributed by atoms with Crippen molar-refractivity contribution in [3.63, 3.8) is 0 Å². The normalized spacial score (nSPS) is 12.2. The summed E-state index contributed by atoms with van der Waals surface area (Å²) in [6.07, 6.45) is 0. The molecule has 0 heterocycles. The van der Waals surface area contributed by atoms with Crippen LogP contribution in [0.1, 0.15) is 18.4 Å². The van der Waals surface area contributed by atoms with Crippen molar-refractivity contribution in [2.45, 2.75) is 12.8 Å². The van der Waals surface area contributed by atoms with E-state index in [0.29, 0.717) is 0 Å². The fourth-order valence-electron chi connectivity index (χ4n) is 2.17. The summed E-state index contributed by atoms with van der Waals surface area (Å²) in [7, 11) is 5.23. The van der Waals surface area contributed by atoms with Crippen LogP contribution >= 0.6 is 0 Å². The van der Waals surface area contributed by atoms with Gasteiger partial charge in [-0.25, -0.2) is 0 Å². The Balaban J connectivity index is 2.39. The van der Waals surface area contributed by atoms with Crippen LogP contribution in [-0.4, -0.2) is 32.0 Å². The molecule has 1 atom stereocenters. The van der Waals surface area contributed by atoms with Crippen molar-refractivity contribution >= 4 is 16.7 Å². The molecule has 2 rings (SSSR count). The monoisotopic (exact) mass is 257 g/mol. The third-order valence-corrected chi connectivity index (χ3v) is 3.38. The fourth-order valence-corrected chi connectivity index (χ4v) is 2.17. The van der Waals surface area contributed by atoms with Gasteiger partial charge in [-0.3, -0.25) is 4.79 Å². The van der Waals surface area contributed by atoms with Gasteiger partial charge < -0.3 is 9.64 Å². The molecule has 0 saturated heterocycles. The Morgan fingerprint density at radius 2 is 1.74 bits per heavy atom. The van der Waals surface area contributed by atoms with Crippen molar-refractivity contribution in [3.05, 3.63) is 42.0 Å². The van der Waals surface area contributed by atoms with Gasteiger partial charge in [0.2, 0.25) is 5.91 Å². The highest BCUT2D eigenvalue weighted by Crippen LogP contribution is 2.25. The van der Waals surface area contributed by atoms with E-state index in [1.807, 2.05) is 37.3 Å². The summed E-state index contributed by atoms with van der Waals surface area (Å²) in [6, 6.07) is 12.1. The van der Waals surface area contributed by atoms with Crippen molar-refractivity contribution < 1.29 is 9.53 Å². The lowest BCUT2D eigenvalue weighted by molar-refractivity contribution is -0.129. The molecule has 0 radical (unpaired) electrons. The second-order valence-electron chi connectivity index (χ2n) is 4.93. The molecule has 0 fully saturated rings.